The summed E-state index contributed by atoms with van der Waals surface area (Å²) < 4.78 is 23.8. The largest absolute Gasteiger partial charge is 0.330 e. The van der Waals surface area contributed by atoms with Crippen LogP contribution in [0.2, 0.25) is 0 Å². The van der Waals surface area contributed by atoms with Crippen LogP contribution >= 0.6 is 23.1 Å². The molecule has 8 heteroatoms. The molecule has 0 aromatic carbocycles. The van der Waals surface area contributed by atoms with Crippen LogP contribution in [-0.4, -0.2) is 49.1 Å². The Morgan fingerprint density at radius 3 is 2.95 bits per heavy atom. The summed E-state index contributed by atoms with van der Waals surface area (Å²) in [6.45, 7) is 5.65. The van der Waals surface area contributed by atoms with Crippen LogP contribution in [0.25, 0.3) is 0 Å². The lowest BCUT2D eigenvalue weighted by Gasteiger charge is -2.33. The van der Waals surface area contributed by atoms with Crippen molar-refractivity contribution in [1.29, 1.82) is 0 Å². The number of nitrogens with one attached hydrogen (secondary N) is 1. The third-order valence-corrected chi connectivity index (χ3v) is 6.63. The predicted molar refractivity (Wildman–Crippen MR) is 87.4 cm³/mol. The van der Waals surface area contributed by atoms with E-state index in [2.05, 4.69) is 24.1 Å². The molecule has 1 fully saturated rings. The van der Waals surface area contributed by atoms with Gasteiger partial charge in [0, 0.05) is 42.3 Å². The molecular formula is C12H21N3O2S3. The lowest BCUT2D eigenvalue weighted by molar-refractivity contribution is 0.580. The fraction of sp³-hybridized carbons (Fsp3) is 0.750. The summed E-state index contributed by atoms with van der Waals surface area (Å²) in [6.07, 6.45) is 1.31. The number of hydrogen-bond acceptors (Lipinski definition) is 7. The van der Waals surface area contributed by atoms with Crippen molar-refractivity contribution in [2.24, 2.45) is 0 Å². The fourth-order valence-corrected chi connectivity index (χ4v) is 5.76. The zero-order chi connectivity index (χ0) is 14.8. The van der Waals surface area contributed by atoms with E-state index < -0.39 is 15.2 Å². The number of nitrogens with zero attached hydrogens (tertiary/aromatic N) is 2. The molecule has 1 atom stereocenters. The van der Waals surface area contributed by atoms with Crippen molar-refractivity contribution in [2.45, 2.75) is 31.8 Å². The van der Waals surface area contributed by atoms with Crippen LogP contribution in [0, 0.1) is 0 Å². The maximum atomic E-state index is 11.9. The van der Waals surface area contributed by atoms with Crippen molar-refractivity contribution in [3.8, 4) is 0 Å². The number of aromatic nitrogens is 1. The first-order valence-corrected chi connectivity index (χ1v) is 10.6. The minimum Gasteiger partial charge on any atom is -0.330 e. The zero-order valence-electron chi connectivity index (χ0n) is 12.0. The Bertz CT molecular complexity index is 542. The first-order valence-electron chi connectivity index (χ1n) is 6.59. The van der Waals surface area contributed by atoms with E-state index in [0.29, 0.717) is 11.8 Å². The van der Waals surface area contributed by atoms with Gasteiger partial charge in [0.25, 0.3) is 0 Å². The minimum atomic E-state index is -3.08. The molecule has 0 bridgehead atoms. The molecular weight excluding hydrogens is 314 g/mol. The summed E-state index contributed by atoms with van der Waals surface area (Å²) in [5.41, 5.74) is 0.976. The van der Waals surface area contributed by atoms with Crippen LogP contribution in [0.1, 0.15) is 19.5 Å². The molecule has 1 aliphatic rings. The third kappa shape index (κ3) is 4.09. The second-order valence-corrected chi connectivity index (χ2v) is 9.40. The van der Waals surface area contributed by atoms with Crippen molar-refractivity contribution in [1.82, 2.24) is 10.3 Å². The number of hydrogen-bond donors (Lipinski definition) is 1. The van der Waals surface area contributed by atoms with E-state index in [0.717, 1.165) is 29.7 Å². The first kappa shape index (κ1) is 16.1. The van der Waals surface area contributed by atoms with E-state index in [9.17, 15) is 8.42 Å². The number of thiazole rings is 1. The number of sulfone groups is 1. The molecule has 1 N–H and O–H groups in total. The molecule has 1 unspecified atom stereocenters. The highest BCUT2D eigenvalue weighted by Crippen LogP contribution is 2.29. The lowest BCUT2D eigenvalue weighted by Crippen LogP contribution is -2.47. The Morgan fingerprint density at radius 1 is 1.55 bits per heavy atom. The molecule has 2 rings (SSSR count). The van der Waals surface area contributed by atoms with E-state index in [4.69, 9.17) is 0 Å². The molecule has 0 amide bonds. The number of anilines is 1. The summed E-state index contributed by atoms with van der Waals surface area (Å²) in [7, 11) is -3.08. The predicted octanol–water partition coefficient (Wildman–Crippen LogP) is 1.56. The molecule has 1 aromatic rings. The van der Waals surface area contributed by atoms with Gasteiger partial charge in [0.2, 0.25) is 0 Å². The van der Waals surface area contributed by atoms with Crippen molar-refractivity contribution >= 4 is 38.1 Å². The van der Waals surface area contributed by atoms with Crippen LogP contribution in [0.15, 0.2) is 5.38 Å². The van der Waals surface area contributed by atoms with E-state index in [1.54, 1.807) is 11.8 Å². The van der Waals surface area contributed by atoms with Gasteiger partial charge < -0.3 is 10.2 Å². The summed E-state index contributed by atoms with van der Waals surface area (Å²) in [4.78, 5) is 6.52. The average Bonchev–Trinajstić information content (AvgIpc) is 2.84. The third-order valence-electron chi connectivity index (χ3n) is 3.06. The van der Waals surface area contributed by atoms with Crippen LogP contribution in [0.5, 0.6) is 0 Å². The highest BCUT2D eigenvalue weighted by atomic mass is 32.2. The molecule has 5 nitrogen and oxygen atoms in total. The van der Waals surface area contributed by atoms with Gasteiger partial charge in [-0.1, -0.05) is 13.8 Å². The topological polar surface area (TPSA) is 62.3 Å². The molecule has 0 radical (unpaired) electrons. The SMILES string of the molecule is CC(C)NCc1csc(N2CCSCC2S(C)(=O)=O)n1. The molecule has 20 heavy (non-hydrogen) atoms. The molecule has 0 spiro atoms. The van der Waals surface area contributed by atoms with E-state index in [1.807, 2.05) is 10.3 Å². The maximum Gasteiger partial charge on any atom is 0.186 e. The quantitative estimate of drug-likeness (QED) is 0.881. The summed E-state index contributed by atoms with van der Waals surface area (Å²) in [5.74, 6) is 1.57. The van der Waals surface area contributed by atoms with Crippen LogP contribution in [0.3, 0.4) is 0 Å². The molecule has 2 heterocycles. The van der Waals surface area contributed by atoms with E-state index in [-0.39, 0.29) is 0 Å². The minimum absolute atomic E-state index is 0.412. The van der Waals surface area contributed by atoms with Crippen molar-refractivity contribution in [2.75, 3.05) is 29.2 Å². The Kier molecular flexibility index (Phi) is 5.33. The van der Waals surface area contributed by atoms with E-state index >= 15 is 0 Å². The average molecular weight is 336 g/mol. The second kappa shape index (κ2) is 6.64. The van der Waals surface area contributed by atoms with Gasteiger partial charge in [-0.05, 0) is 0 Å². The summed E-state index contributed by atoms with van der Waals surface area (Å²) >= 11 is 3.22. The standard InChI is InChI=1S/C12H21N3O2S3/c1-9(2)13-6-10-7-19-12(14-10)15-4-5-18-8-11(15)20(3,16)17/h7,9,11,13H,4-6,8H2,1-3H3. The second-order valence-electron chi connectivity index (χ2n) is 5.21. The van der Waals surface area contributed by atoms with Crippen LogP contribution < -0.4 is 10.2 Å². The number of rotatable bonds is 5. The fourth-order valence-electron chi connectivity index (χ4n) is 1.97. The number of thioether (sulfide) groups is 1. The summed E-state index contributed by atoms with van der Waals surface area (Å²) in [6, 6.07) is 0.412. The van der Waals surface area contributed by atoms with Crippen LogP contribution in [-0.2, 0) is 16.4 Å². The van der Waals surface area contributed by atoms with Gasteiger partial charge >= 0.3 is 0 Å². The van der Waals surface area contributed by atoms with E-state index in [1.165, 1.54) is 17.6 Å². The molecule has 0 saturated carbocycles. The highest BCUT2D eigenvalue weighted by Gasteiger charge is 2.32. The Hall–Kier alpha value is -0.310. The lowest BCUT2D eigenvalue weighted by atomic mass is 10.4. The molecule has 0 aliphatic carbocycles. The first-order chi connectivity index (χ1) is 9.38. The molecule has 114 valence electrons. The normalized spacial score (nSPS) is 20.6. The zero-order valence-corrected chi connectivity index (χ0v) is 14.4. The van der Waals surface area contributed by atoms with Gasteiger partial charge in [-0.25, -0.2) is 13.4 Å². The van der Waals surface area contributed by atoms with Gasteiger partial charge in [0.1, 0.15) is 5.37 Å². The molecule has 1 saturated heterocycles. The smallest absolute Gasteiger partial charge is 0.186 e. The Balaban J connectivity index is 2.12. The Labute approximate surface area is 129 Å². The molecule has 1 aliphatic heterocycles. The van der Waals surface area contributed by atoms with Crippen molar-refractivity contribution in [3.63, 3.8) is 0 Å². The van der Waals surface area contributed by atoms with Gasteiger partial charge in [0.15, 0.2) is 15.0 Å². The van der Waals surface area contributed by atoms with Gasteiger partial charge in [-0.2, -0.15) is 11.8 Å². The van der Waals surface area contributed by atoms with Gasteiger partial charge in [0.05, 0.1) is 5.69 Å². The maximum absolute atomic E-state index is 11.9. The molecule has 1 aromatic heterocycles. The van der Waals surface area contributed by atoms with Gasteiger partial charge in [-0.15, -0.1) is 11.3 Å². The summed E-state index contributed by atoms with van der Waals surface area (Å²) in [5, 5.41) is 5.70. The Morgan fingerprint density at radius 2 is 2.30 bits per heavy atom. The van der Waals surface area contributed by atoms with Crippen molar-refractivity contribution in [3.05, 3.63) is 11.1 Å². The van der Waals surface area contributed by atoms with Crippen molar-refractivity contribution < 1.29 is 8.42 Å². The highest BCUT2D eigenvalue weighted by molar-refractivity contribution is 8.01. The van der Waals surface area contributed by atoms with Crippen LogP contribution in [0.4, 0.5) is 5.13 Å². The monoisotopic (exact) mass is 335 g/mol. The van der Waals surface area contributed by atoms with Gasteiger partial charge in [-0.3, -0.25) is 0 Å².